The van der Waals surface area contributed by atoms with Crippen LogP contribution in [0.25, 0.3) is 11.0 Å². The molecule has 3 rings (SSSR count). The summed E-state index contributed by atoms with van der Waals surface area (Å²) in [6.07, 6.45) is -0.261. The molecule has 2 aromatic carbocycles. The number of amides is 1. The Morgan fingerprint density at radius 3 is 2.63 bits per heavy atom. The number of benzene rings is 2. The largest absolute Gasteiger partial charge is 0.422 e. The van der Waals surface area contributed by atoms with Gasteiger partial charge < -0.3 is 19.8 Å². The molecule has 1 heterocycles. The van der Waals surface area contributed by atoms with Crippen molar-refractivity contribution in [2.24, 2.45) is 5.73 Å². The fourth-order valence-electron chi connectivity index (χ4n) is 3.31. The highest BCUT2D eigenvalue weighted by atomic mass is 35.5. The lowest BCUT2D eigenvalue weighted by atomic mass is 9.99. The van der Waals surface area contributed by atoms with E-state index in [1.165, 1.54) is 43.3 Å². The summed E-state index contributed by atoms with van der Waals surface area (Å²) in [7, 11) is -1.08. The maximum atomic E-state index is 14.3. The van der Waals surface area contributed by atoms with E-state index >= 15 is 0 Å². The van der Waals surface area contributed by atoms with Crippen LogP contribution >= 0.6 is 11.6 Å². The number of nitrogens with one attached hydrogen (secondary N) is 1. The molecule has 1 aromatic heterocycles. The Balaban J connectivity index is 1.99. The van der Waals surface area contributed by atoms with Crippen LogP contribution in [0.4, 0.5) is 9.18 Å². The molecule has 9 nitrogen and oxygen atoms in total. The molecular formula is C23H25ClFN3O6S. The number of ether oxygens (including phenoxy) is 1. The fourth-order valence-corrected chi connectivity index (χ4v) is 4.71. The van der Waals surface area contributed by atoms with E-state index < -0.39 is 32.5 Å². The molecule has 0 spiro atoms. The van der Waals surface area contributed by atoms with Crippen molar-refractivity contribution in [3.05, 3.63) is 68.3 Å². The summed E-state index contributed by atoms with van der Waals surface area (Å²) in [6, 6.07) is 6.48. The van der Waals surface area contributed by atoms with Crippen LogP contribution < -0.4 is 20.8 Å². The van der Waals surface area contributed by atoms with Crippen molar-refractivity contribution < 1.29 is 26.8 Å². The van der Waals surface area contributed by atoms with Gasteiger partial charge in [0.05, 0.1) is 5.02 Å². The zero-order valence-electron chi connectivity index (χ0n) is 19.4. The Kier molecular flexibility index (Phi) is 8.16. The van der Waals surface area contributed by atoms with Gasteiger partial charge in [0.25, 0.3) is 0 Å². The van der Waals surface area contributed by atoms with Gasteiger partial charge in [0.2, 0.25) is 10.0 Å². The molecule has 0 fully saturated rings. The maximum Gasteiger partial charge on any atom is 0.414 e. The maximum absolute atomic E-state index is 14.3. The number of sulfonamides is 1. The molecule has 3 N–H and O–H groups in total. The summed E-state index contributed by atoms with van der Waals surface area (Å²) in [5.74, 6) is -0.883. The molecule has 12 heteroatoms. The molecule has 0 aliphatic rings. The summed E-state index contributed by atoms with van der Waals surface area (Å²) in [5, 5.41) is 0.641. The van der Waals surface area contributed by atoms with E-state index in [9.17, 15) is 22.4 Å². The average Bonchev–Trinajstić information content (AvgIpc) is 2.78. The highest BCUT2D eigenvalue weighted by Crippen LogP contribution is 2.32. The number of carbonyl (C=O) groups excluding carboxylic acids is 1. The predicted molar refractivity (Wildman–Crippen MR) is 130 cm³/mol. The summed E-state index contributed by atoms with van der Waals surface area (Å²) in [6.45, 7) is 2.04. The molecule has 1 amide bonds. The Bertz CT molecular complexity index is 1440. The number of nitrogens with two attached hydrogens (primary N) is 1. The summed E-state index contributed by atoms with van der Waals surface area (Å²) in [5.41, 5.74) is 6.05. The van der Waals surface area contributed by atoms with Gasteiger partial charge in [0, 0.05) is 44.1 Å². The lowest BCUT2D eigenvalue weighted by molar-refractivity contribution is 0.172. The molecular weight excluding hydrogens is 501 g/mol. The minimum Gasteiger partial charge on any atom is -0.422 e. The van der Waals surface area contributed by atoms with Gasteiger partial charge in [-0.1, -0.05) is 17.7 Å². The van der Waals surface area contributed by atoms with Gasteiger partial charge in [-0.2, -0.15) is 0 Å². The van der Waals surface area contributed by atoms with Gasteiger partial charge in [0.1, 0.15) is 16.3 Å². The van der Waals surface area contributed by atoms with Gasteiger partial charge in [-0.3, -0.25) is 0 Å². The number of hydrogen-bond acceptors (Lipinski definition) is 7. The molecule has 0 aliphatic carbocycles. The van der Waals surface area contributed by atoms with Crippen molar-refractivity contribution in [3.63, 3.8) is 0 Å². The molecule has 0 unspecified atom stereocenters. The third-order valence-electron chi connectivity index (χ3n) is 5.24. The van der Waals surface area contributed by atoms with Crippen molar-refractivity contribution in [1.82, 2.24) is 9.62 Å². The highest BCUT2D eigenvalue weighted by Gasteiger charge is 2.21. The molecule has 0 saturated carbocycles. The fraction of sp³-hybridized carbons (Fsp3) is 0.304. The normalized spacial score (nSPS) is 11.6. The quantitative estimate of drug-likeness (QED) is 0.341. The first-order valence-electron chi connectivity index (χ1n) is 10.6. The van der Waals surface area contributed by atoms with E-state index in [0.29, 0.717) is 22.9 Å². The van der Waals surface area contributed by atoms with Crippen LogP contribution in [0.3, 0.4) is 0 Å². The third kappa shape index (κ3) is 5.99. The lowest BCUT2D eigenvalue weighted by Crippen LogP contribution is -2.27. The second-order valence-electron chi connectivity index (χ2n) is 8.02. The van der Waals surface area contributed by atoms with Gasteiger partial charge in [-0.15, -0.1) is 0 Å². The zero-order valence-corrected chi connectivity index (χ0v) is 20.9. The van der Waals surface area contributed by atoms with Crippen molar-refractivity contribution >= 4 is 38.7 Å². The van der Waals surface area contributed by atoms with Crippen molar-refractivity contribution in [3.8, 4) is 5.75 Å². The van der Waals surface area contributed by atoms with Crippen LogP contribution in [-0.4, -0.2) is 46.6 Å². The number of carbonyl (C=O) groups is 1. The van der Waals surface area contributed by atoms with E-state index in [-0.39, 0.29) is 41.4 Å². The molecule has 3 aromatic rings. The Morgan fingerprint density at radius 1 is 1.26 bits per heavy atom. The van der Waals surface area contributed by atoms with Crippen LogP contribution in [0, 0.1) is 12.7 Å². The minimum absolute atomic E-state index is 0.00923. The van der Waals surface area contributed by atoms with E-state index in [1.54, 1.807) is 6.92 Å². The topological polar surface area (TPSA) is 132 Å². The van der Waals surface area contributed by atoms with Gasteiger partial charge >= 0.3 is 11.7 Å². The number of rotatable bonds is 8. The molecule has 0 aliphatic heterocycles. The first-order valence-corrected chi connectivity index (χ1v) is 12.4. The standard InChI is InChI=1S/C23H25ClFN3O6S/c1-13-15-11-17(24)20(34-23(30)28(2)3)12-19(15)33-22(29)16(13)9-14-5-6-18(25)21(10-14)35(31,32)27-8-4-7-26/h5-6,10-12,27H,4,7-9,26H2,1-3H3. The third-order valence-corrected chi connectivity index (χ3v) is 7.01. The number of aryl methyl sites for hydroxylation is 1. The number of nitrogens with zero attached hydrogens (tertiary/aromatic N) is 1. The lowest BCUT2D eigenvalue weighted by Gasteiger charge is -2.14. The van der Waals surface area contributed by atoms with E-state index in [2.05, 4.69) is 4.72 Å². The molecule has 0 saturated heterocycles. The van der Waals surface area contributed by atoms with E-state index in [4.69, 9.17) is 26.5 Å². The van der Waals surface area contributed by atoms with Crippen LogP contribution in [0.5, 0.6) is 5.75 Å². The molecule has 0 atom stereocenters. The molecule has 188 valence electrons. The zero-order chi connectivity index (χ0) is 25.9. The summed E-state index contributed by atoms with van der Waals surface area (Å²) < 4.78 is 52.3. The number of fused-ring (bicyclic) bond motifs is 1. The number of halogens is 2. The Morgan fingerprint density at radius 2 is 1.97 bits per heavy atom. The number of hydrogen-bond donors (Lipinski definition) is 2. The minimum atomic E-state index is -4.10. The van der Waals surface area contributed by atoms with Gasteiger partial charge in [0.15, 0.2) is 5.75 Å². The van der Waals surface area contributed by atoms with Gasteiger partial charge in [-0.25, -0.2) is 27.1 Å². The molecule has 35 heavy (non-hydrogen) atoms. The predicted octanol–water partition coefficient (Wildman–Crippen LogP) is 3.17. The van der Waals surface area contributed by atoms with Crippen molar-refractivity contribution in [2.45, 2.75) is 24.7 Å². The second-order valence-corrected chi connectivity index (χ2v) is 10.2. The van der Waals surface area contributed by atoms with Crippen LogP contribution in [0.15, 0.2) is 44.4 Å². The Labute approximate surface area is 206 Å². The van der Waals surface area contributed by atoms with Crippen LogP contribution in [0.2, 0.25) is 5.02 Å². The van der Waals surface area contributed by atoms with Crippen LogP contribution in [0.1, 0.15) is 23.1 Å². The molecule has 0 radical (unpaired) electrons. The molecule has 0 bridgehead atoms. The SMILES string of the molecule is Cc1c(Cc2ccc(F)c(S(=O)(=O)NCCCN)c2)c(=O)oc2cc(OC(=O)N(C)C)c(Cl)cc12. The van der Waals surface area contributed by atoms with Crippen LogP contribution in [-0.2, 0) is 16.4 Å². The Hall–Kier alpha value is -2.99. The van der Waals surface area contributed by atoms with Crippen molar-refractivity contribution in [1.29, 1.82) is 0 Å². The first kappa shape index (κ1) is 26.6. The van der Waals surface area contributed by atoms with Crippen molar-refractivity contribution in [2.75, 3.05) is 27.2 Å². The van der Waals surface area contributed by atoms with E-state index in [0.717, 1.165) is 6.07 Å². The highest BCUT2D eigenvalue weighted by molar-refractivity contribution is 7.89. The van der Waals surface area contributed by atoms with Gasteiger partial charge in [-0.05, 0) is 49.2 Å². The monoisotopic (exact) mass is 525 g/mol. The van der Waals surface area contributed by atoms with E-state index in [1.807, 2.05) is 0 Å². The summed E-state index contributed by atoms with van der Waals surface area (Å²) in [4.78, 5) is 25.3. The summed E-state index contributed by atoms with van der Waals surface area (Å²) >= 11 is 6.28. The second kappa shape index (κ2) is 10.7. The smallest absolute Gasteiger partial charge is 0.414 e. The first-order chi connectivity index (χ1) is 16.4. The average molecular weight is 526 g/mol.